The van der Waals surface area contributed by atoms with E-state index in [1.165, 1.54) is 0 Å². The van der Waals surface area contributed by atoms with Crippen molar-refractivity contribution in [3.05, 3.63) is 47.3 Å². The Hall–Kier alpha value is -3.29. The van der Waals surface area contributed by atoms with Crippen LogP contribution in [-0.4, -0.2) is 30.5 Å². The van der Waals surface area contributed by atoms with Crippen LogP contribution in [0.2, 0.25) is 0 Å². The standard InChI is InChI=1S/C15H13N7O/c1-8-17-14(21-23-8)10-4-2-9(3-5-10)6-11-7-12(16)18-15-13(11)19-22-20-15/h2-5,7H,6H2,1H3,(H3,16,18,19,20,22). The van der Waals surface area contributed by atoms with Crippen molar-refractivity contribution in [1.82, 2.24) is 30.5 Å². The number of pyridine rings is 1. The predicted molar refractivity (Wildman–Crippen MR) is 83.4 cm³/mol. The van der Waals surface area contributed by atoms with E-state index < -0.39 is 0 Å². The summed E-state index contributed by atoms with van der Waals surface area (Å²) in [4.78, 5) is 8.36. The second-order valence-electron chi connectivity index (χ2n) is 5.21. The van der Waals surface area contributed by atoms with Gasteiger partial charge in [0.2, 0.25) is 17.4 Å². The maximum Gasteiger partial charge on any atom is 0.223 e. The van der Waals surface area contributed by atoms with Gasteiger partial charge in [-0.25, -0.2) is 4.98 Å². The summed E-state index contributed by atoms with van der Waals surface area (Å²) in [6.45, 7) is 1.77. The zero-order valence-electron chi connectivity index (χ0n) is 12.3. The Kier molecular flexibility index (Phi) is 3.00. The molecule has 0 aliphatic carbocycles. The number of nitrogen functional groups attached to an aromatic ring is 1. The number of nitrogens with one attached hydrogen (secondary N) is 1. The number of nitrogens with zero attached hydrogens (tertiary/aromatic N) is 5. The Labute approximate surface area is 130 Å². The molecule has 0 bridgehead atoms. The van der Waals surface area contributed by atoms with Gasteiger partial charge < -0.3 is 10.3 Å². The SMILES string of the molecule is Cc1nc(-c2ccc(Cc3cc(N)nc4n[nH]nc34)cc2)no1. The molecule has 0 radical (unpaired) electrons. The number of benzene rings is 1. The van der Waals surface area contributed by atoms with Gasteiger partial charge in [-0.05, 0) is 23.6 Å². The van der Waals surface area contributed by atoms with Crippen LogP contribution in [0.25, 0.3) is 22.6 Å². The molecule has 114 valence electrons. The van der Waals surface area contributed by atoms with Crippen LogP contribution in [0.5, 0.6) is 0 Å². The van der Waals surface area contributed by atoms with Gasteiger partial charge in [-0.2, -0.15) is 15.3 Å². The van der Waals surface area contributed by atoms with Crippen molar-refractivity contribution in [1.29, 1.82) is 0 Å². The van der Waals surface area contributed by atoms with E-state index in [-0.39, 0.29) is 0 Å². The topological polar surface area (TPSA) is 119 Å². The van der Waals surface area contributed by atoms with Crippen molar-refractivity contribution in [3.8, 4) is 11.4 Å². The Morgan fingerprint density at radius 2 is 1.96 bits per heavy atom. The van der Waals surface area contributed by atoms with E-state index in [9.17, 15) is 0 Å². The third-order valence-electron chi connectivity index (χ3n) is 3.53. The Morgan fingerprint density at radius 1 is 1.13 bits per heavy atom. The molecule has 3 N–H and O–H groups in total. The lowest BCUT2D eigenvalue weighted by atomic mass is 10.0. The number of hydrogen-bond acceptors (Lipinski definition) is 7. The molecular weight excluding hydrogens is 294 g/mol. The highest BCUT2D eigenvalue weighted by Crippen LogP contribution is 2.21. The minimum absolute atomic E-state index is 0.431. The number of aromatic nitrogens is 6. The number of anilines is 1. The summed E-state index contributed by atoms with van der Waals surface area (Å²) < 4.78 is 5.00. The molecule has 0 atom stereocenters. The van der Waals surface area contributed by atoms with E-state index in [0.717, 1.165) is 22.2 Å². The molecule has 0 amide bonds. The minimum atomic E-state index is 0.431. The third kappa shape index (κ3) is 2.50. The first kappa shape index (κ1) is 13.4. The van der Waals surface area contributed by atoms with E-state index in [4.69, 9.17) is 10.3 Å². The summed E-state index contributed by atoms with van der Waals surface area (Å²) in [6.07, 6.45) is 0.682. The second-order valence-corrected chi connectivity index (χ2v) is 5.21. The minimum Gasteiger partial charge on any atom is -0.384 e. The van der Waals surface area contributed by atoms with Gasteiger partial charge in [-0.3, -0.25) is 0 Å². The van der Waals surface area contributed by atoms with Crippen molar-refractivity contribution in [2.24, 2.45) is 0 Å². The zero-order chi connectivity index (χ0) is 15.8. The number of nitrogens with two attached hydrogens (primary N) is 1. The van der Waals surface area contributed by atoms with Gasteiger partial charge in [0.15, 0.2) is 0 Å². The van der Waals surface area contributed by atoms with Crippen LogP contribution in [-0.2, 0) is 6.42 Å². The van der Waals surface area contributed by atoms with Gasteiger partial charge in [0.25, 0.3) is 0 Å². The van der Waals surface area contributed by atoms with Crippen LogP contribution in [0.15, 0.2) is 34.9 Å². The molecule has 0 unspecified atom stereocenters. The lowest BCUT2D eigenvalue weighted by Crippen LogP contribution is -1.96. The highest BCUT2D eigenvalue weighted by Gasteiger charge is 2.10. The highest BCUT2D eigenvalue weighted by atomic mass is 16.5. The second kappa shape index (κ2) is 5.16. The Balaban J connectivity index is 1.65. The maximum atomic E-state index is 5.82. The molecule has 0 saturated carbocycles. The summed E-state index contributed by atoms with van der Waals surface area (Å²) in [5.41, 5.74) is 10.1. The lowest BCUT2D eigenvalue weighted by molar-refractivity contribution is 0.394. The van der Waals surface area contributed by atoms with E-state index in [1.54, 1.807) is 6.92 Å². The molecular formula is C15H13N7O. The van der Waals surface area contributed by atoms with Crippen LogP contribution >= 0.6 is 0 Å². The van der Waals surface area contributed by atoms with Gasteiger partial charge in [0.1, 0.15) is 11.3 Å². The summed E-state index contributed by atoms with van der Waals surface area (Å²) in [5, 5.41) is 14.6. The van der Waals surface area contributed by atoms with Crippen LogP contribution < -0.4 is 5.73 Å². The Bertz CT molecular complexity index is 971. The number of aromatic amines is 1. The summed E-state index contributed by atoms with van der Waals surface area (Å²) in [5.74, 6) is 1.56. The van der Waals surface area contributed by atoms with Crippen molar-refractivity contribution in [2.75, 3.05) is 5.73 Å². The van der Waals surface area contributed by atoms with Crippen LogP contribution in [0.3, 0.4) is 0 Å². The summed E-state index contributed by atoms with van der Waals surface area (Å²) in [7, 11) is 0. The summed E-state index contributed by atoms with van der Waals surface area (Å²) in [6, 6.07) is 9.78. The number of rotatable bonds is 3. The first-order chi connectivity index (χ1) is 11.2. The molecule has 3 aromatic heterocycles. The molecule has 8 heteroatoms. The molecule has 23 heavy (non-hydrogen) atoms. The number of fused-ring (bicyclic) bond motifs is 1. The Morgan fingerprint density at radius 3 is 2.70 bits per heavy atom. The van der Waals surface area contributed by atoms with Crippen LogP contribution in [0, 0.1) is 6.92 Å². The smallest absolute Gasteiger partial charge is 0.223 e. The van der Waals surface area contributed by atoms with Gasteiger partial charge >= 0.3 is 0 Å². The molecule has 0 aliphatic heterocycles. The van der Waals surface area contributed by atoms with Crippen molar-refractivity contribution < 1.29 is 4.52 Å². The van der Waals surface area contributed by atoms with E-state index >= 15 is 0 Å². The first-order valence-electron chi connectivity index (χ1n) is 7.04. The quantitative estimate of drug-likeness (QED) is 0.593. The monoisotopic (exact) mass is 307 g/mol. The molecule has 8 nitrogen and oxygen atoms in total. The predicted octanol–water partition coefficient (Wildman–Crippen LogP) is 1.88. The first-order valence-corrected chi connectivity index (χ1v) is 7.04. The maximum absolute atomic E-state index is 5.82. The number of aryl methyl sites for hydroxylation is 1. The molecule has 3 heterocycles. The molecule has 0 fully saturated rings. The van der Waals surface area contributed by atoms with Crippen molar-refractivity contribution in [2.45, 2.75) is 13.3 Å². The fourth-order valence-electron chi connectivity index (χ4n) is 2.46. The van der Waals surface area contributed by atoms with Crippen molar-refractivity contribution in [3.63, 3.8) is 0 Å². The molecule has 0 spiro atoms. The van der Waals surface area contributed by atoms with Gasteiger partial charge in [-0.15, -0.1) is 5.10 Å². The molecule has 4 rings (SSSR count). The summed E-state index contributed by atoms with van der Waals surface area (Å²) >= 11 is 0. The fourth-order valence-corrected chi connectivity index (χ4v) is 2.46. The molecule has 4 aromatic rings. The van der Waals surface area contributed by atoms with Gasteiger partial charge in [0.05, 0.1) is 0 Å². The third-order valence-corrected chi connectivity index (χ3v) is 3.53. The molecule has 1 aromatic carbocycles. The van der Waals surface area contributed by atoms with E-state index in [1.807, 2.05) is 30.3 Å². The van der Waals surface area contributed by atoms with Gasteiger partial charge in [-0.1, -0.05) is 29.4 Å². The average molecular weight is 307 g/mol. The fraction of sp³-hybridized carbons (Fsp3) is 0.133. The van der Waals surface area contributed by atoms with E-state index in [2.05, 4.69) is 30.5 Å². The lowest BCUT2D eigenvalue weighted by Gasteiger charge is -2.04. The van der Waals surface area contributed by atoms with Gasteiger partial charge in [0, 0.05) is 12.5 Å². The van der Waals surface area contributed by atoms with Crippen LogP contribution in [0.4, 0.5) is 5.82 Å². The average Bonchev–Trinajstić information content (AvgIpc) is 3.17. The molecule has 0 aliphatic rings. The zero-order valence-corrected chi connectivity index (χ0v) is 12.3. The number of H-pyrrole nitrogens is 1. The van der Waals surface area contributed by atoms with Crippen molar-refractivity contribution >= 4 is 17.0 Å². The van der Waals surface area contributed by atoms with E-state index in [0.29, 0.717) is 29.6 Å². The number of hydrogen-bond donors (Lipinski definition) is 2. The normalized spacial score (nSPS) is 11.2. The van der Waals surface area contributed by atoms with Crippen LogP contribution in [0.1, 0.15) is 17.0 Å². The molecule has 0 saturated heterocycles. The highest BCUT2D eigenvalue weighted by molar-refractivity contribution is 5.76. The largest absolute Gasteiger partial charge is 0.384 e.